The van der Waals surface area contributed by atoms with Gasteiger partial charge in [-0.25, -0.2) is 4.99 Å². The van der Waals surface area contributed by atoms with Crippen LogP contribution in [0.1, 0.15) is 18.1 Å². The van der Waals surface area contributed by atoms with Gasteiger partial charge < -0.3 is 15.2 Å². The molecule has 0 fully saturated rings. The van der Waals surface area contributed by atoms with Crippen LogP contribution in [0.15, 0.2) is 65.9 Å². The molecular weight excluding hydrogens is 435 g/mol. The number of aryl methyl sites for hydroxylation is 1. The van der Waals surface area contributed by atoms with E-state index < -0.39 is 0 Å². The van der Waals surface area contributed by atoms with Gasteiger partial charge >= 0.3 is 0 Å². The topological polar surface area (TPSA) is 41.4 Å². The van der Waals surface area contributed by atoms with Crippen LogP contribution in [0, 0.1) is 0 Å². The van der Waals surface area contributed by atoms with Crippen LogP contribution in [-0.4, -0.2) is 23.6 Å². The van der Waals surface area contributed by atoms with Gasteiger partial charge in [0.15, 0.2) is 5.96 Å². The van der Waals surface area contributed by atoms with Crippen molar-refractivity contribution in [1.82, 2.24) is 15.2 Å². The Balaban J connectivity index is 0.00000243. The Morgan fingerprint density at radius 3 is 2.62 bits per heavy atom. The van der Waals surface area contributed by atoms with E-state index in [1.165, 1.54) is 21.9 Å². The monoisotopic (exact) mass is 462 g/mol. The summed E-state index contributed by atoms with van der Waals surface area (Å²) in [6, 6.07) is 17.1. The first-order valence-corrected chi connectivity index (χ1v) is 8.86. The lowest BCUT2D eigenvalue weighted by atomic mass is 10.0. The summed E-state index contributed by atoms with van der Waals surface area (Å²) in [5.41, 5.74) is 2.58. The van der Waals surface area contributed by atoms with Crippen LogP contribution in [0.2, 0.25) is 0 Å². The second-order valence-electron chi connectivity index (χ2n) is 6.20. The van der Waals surface area contributed by atoms with Gasteiger partial charge in [-0.1, -0.05) is 42.5 Å². The Hall–Kier alpha value is -2.02. The third kappa shape index (κ3) is 5.49. The van der Waals surface area contributed by atoms with Gasteiger partial charge in [-0.05, 0) is 41.3 Å². The van der Waals surface area contributed by atoms with Gasteiger partial charge in [0.1, 0.15) is 0 Å². The minimum absolute atomic E-state index is 0. The lowest BCUT2D eigenvalue weighted by molar-refractivity contribution is 0.801. The predicted molar refractivity (Wildman–Crippen MR) is 121 cm³/mol. The largest absolute Gasteiger partial charge is 0.357 e. The lowest BCUT2D eigenvalue weighted by Gasteiger charge is -2.12. The number of guanidine groups is 1. The molecule has 0 amide bonds. The highest BCUT2D eigenvalue weighted by Crippen LogP contribution is 2.18. The molecule has 0 aliphatic carbocycles. The Morgan fingerprint density at radius 2 is 1.85 bits per heavy atom. The van der Waals surface area contributed by atoms with Crippen molar-refractivity contribution in [3.63, 3.8) is 0 Å². The molecule has 3 aromatic rings. The Morgan fingerprint density at radius 1 is 1.04 bits per heavy atom. The average molecular weight is 462 g/mol. The summed E-state index contributed by atoms with van der Waals surface area (Å²) in [6.45, 7) is 4.48. The standard InChI is InChI=1S/C21H26N4.HI/c1-3-22-21(24-15-17-12-14-25(2)16-17)23-13-11-19-9-6-8-18-7-4-5-10-20(18)19;/h4-10,12,14,16H,3,11,13,15H2,1-2H3,(H2,22,23,24);1H. The van der Waals surface area contributed by atoms with Crippen molar-refractivity contribution < 1.29 is 0 Å². The molecule has 0 atom stereocenters. The van der Waals surface area contributed by atoms with Crippen LogP contribution in [0.4, 0.5) is 0 Å². The summed E-state index contributed by atoms with van der Waals surface area (Å²) in [4.78, 5) is 4.67. The van der Waals surface area contributed by atoms with Gasteiger partial charge in [-0.2, -0.15) is 0 Å². The molecule has 0 saturated carbocycles. The SMILES string of the molecule is CCNC(=NCc1ccn(C)c1)NCCc1cccc2ccccc12.I. The van der Waals surface area contributed by atoms with E-state index in [2.05, 4.69) is 77.3 Å². The molecule has 0 aliphatic heterocycles. The molecule has 138 valence electrons. The minimum atomic E-state index is 0. The summed E-state index contributed by atoms with van der Waals surface area (Å²) < 4.78 is 2.05. The highest BCUT2D eigenvalue weighted by Gasteiger charge is 2.02. The van der Waals surface area contributed by atoms with Crippen LogP contribution >= 0.6 is 24.0 Å². The number of rotatable bonds is 6. The van der Waals surface area contributed by atoms with Gasteiger partial charge in [0.05, 0.1) is 6.54 Å². The van der Waals surface area contributed by atoms with Crippen LogP contribution in [-0.2, 0) is 20.0 Å². The highest BCUT2D eigenvalue weighted by molar-refractivity contribution is 14.0. The first-order valence-electron chi connectivity index (χ1n) is 8.86. The van der Waals surface area contributed by atoms with E-state index in [1.54, 1.807) is 0 Å². The molecule has 0 unspecified atom stereocenters. The molecule has 2 N–H and O–H groups in total. The van der Waals surface area contributed by atoms with E-state index in [4.69, 9.17) is 0 Å². The summed E-state index contributed by atoms with van der Waals surface area (Å²) in [6.07, 6.45) is 5.12. The van der Waals surface area contributed by atoms with Crippen molar-refractivity contribution in [2.24, 2.45) is 12.0 Å². The van der Waals surface area contributed by atoms with Crippen molar-refractivity contribution in [2.75, 3.05) is 13.1 Å². The number of hydrogen-bond acceptors (Lipinski definition) is 1. The fraction of sp³-hybridized carbons (Fsp3) is 0.286. The third-order valence-corrected chi connectivity index (χ3v) is 4.22. The summed E-state index contributed by atoms with van der Waals surface area (Å²) >= 11 is 0. The predicted octanol–water partition coefficient (Wildman–Crippen LogP) is 4.09. The van der Waals surface area contributed by atoms with Crippen molar-refractivity contribution in [3.05, 3.63) is 72.1 Å². The van der Waals surface area contributed by atoms with Gasteiger partial charge in [-0.3, -0.25) is 0 Å². The number of halogens is 1. The third-order valence-electron chi connectivity index (χ3n) is 4.22. The van der Waals surface area contributed by atoms with Crippen LogP contribution in [0.5, 0.6) is 0 Å². The molecule has 1 heterocycles. The summed E-state index contributed by atoms with van der Waals surface area (Å²) in [7, 11) is 2.03. The van der Waals surface area contributed by atoms with Gasteiger partial charge in [0.2, 0.25) is 0 Å². The molecular formula is C21H27IN4. The Kier molecular flexibility index (Phi) is 7.97. The number of aromatic nitrogens is 1. The van der Waals surface area contributed by atoms with E-state index in [-0.39, 0.29) is 24.0 Å². The molecule has 0 saturated heterocycles. The molecule has 2 aromatic carbocycles. The molecule has 3 rings (SSSR count). The molecule has 5 heteroatoms. The fourth-order valence-electron chi connectivity index (χ4n) is 2.99. The molecule has 1 aromatic heterocycles. The van der Waals surface area contributed by atoms with Crippen molar-refractivity contribution in [1.29, 1.82) is 0 Å². The normalized spacial score (nSPS) is 11.2. The summed E-state index contributed by atoms with van der Waals surface area (Å²) in [5, 5.41) is 9.39. The van der Waals surface area contributed by atoms with E-state index >= 15 is 0 Å². The number of nitrogens with one attached hydrogen (secondary N) is 2. The zero-order valence-electron chi connectivity index (χ0n) is 15.4. The van der Waals surface area contributed by atoms with Crippen molar-refractivity contribution in [2.45, 2.75) is 19.9 Å². The highest BCUT2D eigenvalue weighted by atomic mass is 127. The second kappa shape index (κ2) is 10.2. The first kappa shape index (κ1) is 20.3. The van der Waals surface area contributed by atoms with Crippen molar-refractivity contribution >= 4 is 40.7 Å². The molecule has 0 aliphatic rings. The number of fused-ring (bicyclic) bond motifs is 1. The van der Waals surface area contributed by atoms with Crippen molar-refractivity contribution in [3.8, 4) is 0 Å². The quantitative estimate of drug-likeness (QED) is 0.329. The molecule has 26 heavy (non-hydrogen) atoms. The second-order valence-corrected chi connectivity index (χ2v) is 6.20. The van der Waals surface area contributed by atoms with Gasteiger partial charge in [0.25, 0.3) is 0 Å². The molecule has 0 bridgehead atoms. The van der Waals surface area contributed by atoms with E-state index in [1.807, 2.05) is 17.8 Å². The van der Waals surface area contributed by atoms with Crippen LogP contribution in [0.3, 0.4) is 0 Å². The van der Waals surface area contributed by atoms with Crippen LogP contribution in [0.25, 0.3) is 10.8 Å². The Bertz CT molecular complexity index is 849. The van der Waals surface area contributed by atoms with E-state index in [0.29, 0.717) is 6.54 Å². The van der Waals surface area contributed by atoms with Crippen LogP contribution < -0.4 is 10.6 Å². The lowest BCUT2D eigenvalue weighted by Crippen LogP contribution is -2.38. The zero-order chi connectivity index (χ0) is 17.5. The average Bonchev–Trinajstić information content (AvgIpc) is 3.05. The van der Waals surface area contributed by atoms with Gasteiger partial charge in [0, 0.05) is 32.5 Å². The smallest absolute Gasteiger partial charge is 0.191 e. The minimum Gasteiger partial charge on any atom is -0.357 e. The van der Waals surface area contributed by atoms with E-state index in [9.17, 15) is 0 Å². The Labute approximate surface area is 172 Å². The molecule has 0 radical (unpaired) electrons. The maximum Gasteiger partial charge on any atom is 0.191 e. The number of hydrogen-bond donors (Lipinski definition) is 2. The number of nitrogens with zero attached hydrogens (tertiary/aromatic N) is 2. The first-order chi connectivity index (χ1) is 12.3. The fourth-order valence-corrected chi connectivity index (χ4v) is 2.99. The maximum absolute atomic E-state index is 4.67. The number of benzene rings is 2. The molecule has 0 spiro atoms. The van der Waals surface area contributed by atoms with Gasteiger partial charge in [-0.15, -0.1) is 24.0 Å². The zero-order valence-corrected chi connectivity index (χ0v) is 17.7. The van der Waals surface area contributed by atoms with E-state index in [0.717, 1.165) is 25.5 Å². The summed E-state index contributed by atoms with van der Waals surface area (Å²) in [5.74, 6) is 0.867. The maximum atomic E-state index is 4.67. The number of aliphatic imine (C=N–C) groups is 1. The molecule has 4 nitrogen and oxygen atoms in total.